The van der Waals surface area contributed by atoms with E-state index in [9.17, 15) is 9.90 Å². The van der Waals surface area contributed by atoms with Crippen molar-refractivity contribution >= 4 is 5.91 Å². The van der Waals surface area contributed by atoms with Crippen LogP contribution >= 0.6 is 0 Å². The van der Waals surface area contributed by atoms with Crippen LogP contribution in [0.1, 0.15) is 51.0 Å². The summed E-state index contributed by atoms with van der Waals surface area (Å²) >= 11 is 0. The number of rotatable bonds is 5. The summed E-state index contributed by atoms with van der Waals surface area (Å²) in [4.78, 5) is 15.5. The van der Waals surface area contributed by atoms with Gasteiger partial charge in [0.15, 0.2) is 0 Å². The number of likely N-dealkylation sites (tertiary alicyclic amines) is 1. The van der Waals surface area contributed by atoms with Crippen molar-refractivity contribution in [3.05, 3.63) is 35.9 Å². The molecule has 1 aromatic rings. The van der Waals surface area contributed by atoms with E-state index in [0.717, 1.165) is 31.2 Å². The standard InChI is InChI=1S/C21H31NO3/c1-17-16-22(14-12-21(17,24)13-15-25-2)19(23)20(10-6-7-11-20)18-8-4-3-5-9-18/h3-5,8-9,17,24H,6-7,10-16H2,1-2H3/t17-,21-/m0/s1. The number of carbonyl (C=O) groups is 1. The molecule has 0 bridgehead atoms. The molecule has 4 heteroatoms. The number of aliphatic hydroxyl groups is 1. The van der Waals surface area contributed by atoms with E-state index in [1.165, 1.54) is 0 Å². The lowest BCUT2D eigenvalue weighted by Crippen LogP contribution is -2.56. The summed E-state index contributed by atoms with van der Waals surface area (Å²) in [7, 11) is 1.66. The molecule has 25 heavy (non-hydrogen) atoms. The summed E-state index contributed by atoms with van der Waals surface area (Å²) in [5.41, 5.74) is 0.0797. The summed E-state index contributed by atoms with van der Waals surface area (Å²) in [6.07, 6.45) is 5.37. The van der Waals surface area contributed by atoms with E-state index in [-0.39, 0.29) is 17.2 Å². The molecule has 0 unspecified atom stereocenters. The van der Waals surface area contributed by atoms with Crippen LogP contribution in [0.2, 0.25) is 0 Å². The SMILES string of the molecule is COCC[C@@]1(O)CCN(C(=O)C2(c3ccccc3)CCCC2)C[C@@H]1C. The molecule has 1 heterocycles. The molecule has 3 rings (SSSR count). The first kappa shape index (κ1) is 18.4. The molecular weight excluding hydrogens is 314 g/mol. The normalized spacial score (nSPS) is 28.9. The largest absolute Gasteiger partial charge is 0.389 e. The molecule has 2 fully saturated rings. The van der Waals surface area contributed by atoms with Crippen LogP contribution < -0.4 is 0 Å². The minimum atomic E-state index is -0.720. The third-order valence-electron chi connectivity index (χ3n) is 6.45. The van der Waals surface area contributed by atoms with E-state index in [1.54, 1.807) is 7.11 Å². The van der Waals surface area contributed by atoms with Gasteiger partial charge in [0.05, 0.1) is 11.0 Å². The number of amides is 1. The molecule has 0 radical (unpaired) electrons. The maximum Gasteiger partial charge on any atom is 0.233 e. The average Bonchev–Trinajstić information content (AvgIpc) is 3.14. The Morgan fingerprint density at radius 3 is 2.52 bits per heavy atom. The van der Waals surface area contributed by atoms with E-state index < -0.39 is 5.60 Å². The Morgan fingerprint density at radius 1 is 1.24 bits per heavy atom. The minimum absolute atomic E-state index is 0.0644. The van der Waals surface area contributed by atoms with Gasteiger partial charge in [0.25, 0.3) is 0 Å². The second kappa shape index (κ2) is 7.46. The molecule has 0 spiro atoms. The predicted molar refractivity (Wildman–Crippen MR) is 98.4 cm³/mol. The smallest absolute Gasteiger partial charge is 0.233 e. The highest BCUT2D eigenvalue weighted by molar-refractivity contribution is 5.88. The Bertz CT molecular complexity index is 582. The van der Waals surface area contributed by atoms with Crippen LogP contribution in [-0.2, 0) is 14.9 Å². The highest BCUT2D eigenvalue weighted by atomic mass is 16.5. The lowest BCUT2D eigenvalue weighted by atomic mass is 9.75. The Balaban J connectivity index is 1.77. The number of methoxy groups -OCH3 is 1. The first-order valence-electron chi connectivity index (χ1n) is 9.58. The number of nitrogens with zero attached hydrogens (tertiary/aromatic N) is 1. The van der Waals surface area contributed by atoms with Crippen LogP contribution in [0, 0.1) is 5.92 Å². The lowest BCUT2D eigenvalue weighted by molar-refractivity contribution is -0.146. The first-order chi connectivity index (χ1) is 12.0. The number of hydrogen-bond acceptors (Lipinski definition) is 3. The van der Waals surface area contributed by atoms with Crippen LogP contribution in [0.5, 0.6) is 0 Å². The van der Waals surface area contributed by atoms with Crippen molar-refractivity contribution in [1.29, 1.82) is 0 Å². The summed E-state index contributed by atoms with van der Waals surface area (Å²) in [6, 6.07) is 10.3. The number of benzene rings is 1. The minimum Gasteiger partial charge on any atom is -0.389 e. The molecule has 2 atom stereocenters. The molecular formula is C21H31NO3. The van der Waals surface area contributed by atoms with Crippen molar-refractivity contribution in [2.24, 2.45) is 5.92 Å². The summed E-state index contributed by atoms with van der Waals surface area (Å²) in [6.45, 7) is 3.88. The fourth-order valence-electron chi connectivity index (χ4n) is 4.67. The Morgan fingerprint density at radius 2 is 1.92 bits per heavy atom. The maximum absolute atomic E-state index is 13.5. The third-order valence-corrected chi connectivity index (χ3v) is 6.45. The second-order valence-electron chi connectivity index (χ2n) is 7.90. The highest BCUT2D eigenvalue weighted by Gasteiger charge is 2.48. The third kappa shape index (κ3) is 3.47. The van der Waals surface area contributed by atoms with E-state index >= 15 is 0 Å². The van der Waals surface area contributed by atoms with E-state index in [4.69, 9.17) is 4.74 Å². The van der Waals surface area contributed by atoms with Gasteiger partial charge in [-0.1, -0.05) is 50.1 Å². The van der Waals surface area contributed by atoms with Crippen molar-refractivity contribution in [3.8, 4) is 0 Å². The van der Waals surface area contributed by atoms with Crippen molar-refractivity contribution in [2.75, 3.05) is 26.8 Å². The van der Waals surface area contributed by atoms with Crippen molar-refractivity contribution in [2.45, 2.75) is 56.5 Å². The van der Waals surface area contributed by atoms with Crippen LogP contribution in [0.4, 0.5) is 0 Å². The number of hydrogen-bond donors (Lipinski definition) is 1. The Kier molecular flexibility index (Phi) is 5.49. The molecule has 1 aromatic carbocycles. The van der Waals surface area contributed by atoms with E-state index in [0.29, 0.717) is 32.5 Å². The molecule has 1 aliphatic carbocycles. The quantitative estimate of drug-likeness (QED) is 0.892. The molecule has 1 aliphatic heterocycles. The van der Waals surface area contributed by atoms with Crippen molar-refractivity contribution < 1.29 is 14.6 Å². The van der Waals surface area contributed by atoms with E-state index in [2.05, 4.69) is 19.1 Å². The number of piperidine rings is 1. The molecule has 138 valence electrons. The summed E-state index contributed by atoms with van der Waals surface area (Å²) < 4.78 is 5.15. The average molecular weight is 345 g/mol. The van der Waals surface area contributed by atoms with Gasteiger partial charge in [-0.2, -0.15) is 0 Å². The monoisotopic (exact) mass is 345 g/mol. The zero-order valence-corrected chi connectivity index (χ0v) is 15.5. The molecule has 1 amide bonds. The lowest BCUT2D eigenvalue weighted by Gasteiger charge is -2.45. The molecule has 1 N–H and O–H groups in total. The fourth-order valence-corrected chi connectivity index (χ4v) is 4.67. The summed E-state index contributed by atoms with van der Waals surface area (Å²) in [5.74, 6) is 0.325. The Labute approximate surface area is 151 Å². The zero-order chi connectivity index (χ0) is 17.9. The number of carbonyl (C=O) groups excluding carboxylic acids is 1. The summed E-state index contributed by atoms with van der Waals surface area (Å²) in [5, 5.41) is 10.9. The van der Waals surface area contributed by atoms with Crippen LogP contribution in [0.3, 0.4) is 0 Å². The van der Waals surface area contributed by atoms with Gasteiger partial charge in [0.2, 0.25) is 5.91 Å². The highest BCUT2D eigenvalue weighted by Crippen LogP contribution is 2.44. The van der Waals surface area contributed by atoms with Crippen LogP contribution in [-0.4, -0.2) is 48.3 Å². The number of ether oxygens (including phenoxy) is 1. The van der Waals surface area contributed by atoms with Gasteiger partial charge in [0, 0.05) is 32.7 Å². The van der Waals surface area contributed by atoms with Gasteiger partial charge in [-0.25, -0.2) is 0 Å². The first-order valence-corrected chi connectivity index (χ1v) is 9.58. The molecule has 2 aliphatic rings. The predicted octanol–water partition coefficient (Wildman–Crippen LogP) is 3.13. The van der Waals surface area contributed by atoms with Gasteiger partial charge in [0.1, 0.15) is 0 Å². The van der Waals surface area contributed by atoms with Gasteiger partial charge in [-0.05, 0) is 31.2 Å². The fraction of sp³-hybridized carbons (Fsp3) is 0.667. The van der Waals surface area contributed by atoms with Gasteiger partial charge < -0.3 is 14.7 Å². The molecule has 1 saturated carbocycles. The van der Waals surface area contributed by atoms with Gasteiger partial charge in [-0.15, -0.1) is 0 Å². The second-order valence-corrected chi connectivity index (χ2v) is 7.90. The molecule has 1 saturated heterocycles. The van der Waals surface area contributed by atoms with Gasteiger partial charge in [-0.3, -0.25) is 4.79 Å². The molecule has 0 aromatic heterocycles. The zero-order valence-electron chi connectivity index (χ0n) is 15.5. The molecule has 4 nitrogen and oxygen atoms in total. The Hall–Kier alpha value is -1.39. The topological polar surface area (TPSA) is 49.8 Å². The van der Waals surface area contributed by atoms with Crippen molar-refractivity contribution in [3.63, 3.8) is 0 Å². The van der Waals surface area contributed by atoms with Gasteiger partial charge >= 0.3 is 0 Å². The maximum atomic E-state index is 13.5. The van der Waals surface area contributed by atoms with E-state index in [1.807, 2.05) is 23.1 Å². The van der Waals surface area contributed by atoms with Crippen LogP contribution in [0.15, 0.2) is 30.3 Å². The van der Waals surface area contributed by atoms with Crippen LogP contribution in [0.25, 0.3) is 0 Å². The van der Waals surface area contributed by atoms with Crippen molar-refractivity contribution in [1.82, 2.24) is 4.90 Å².